The van der Waals surface area contributed by atoms with E-state index in [1.807, 2.05) is 0 Å². The van der Waals surface area contributed by atoms with E-state index in [2.05, 4.69) is 40.9 Å². The van der Waals surface area contributed by atoms with E-state index in [9.17, 15) is 31.5 Å². The second-order valence-electron chi connectivity index (χ2n) is 9.70. The highest BCUT2D eigenvalue weighted by molar-refractivity contribution is 6.32. The maximum Gasteiger partial charge on any atom is 0.573 e. The van der Waals surface area contributed by atoms with Crippen LogP contribution in [0, 0.1) is 6.92 Å². The average Bonchev–Trinajstić information content (AvgIpc) is 3.64. The molecule has 0 unspecified atom stereocenters. The number of pyridine rings is 1. The number of amides is 2. The molecule has 12 nitrogen and oxygen atoms in total. The molecule has 0 spiro atoms. The van der Waals surface area contributed by atoms with Gasteiger partial charge in [0, 0.05) is 17.8 Å². The van der Waals surface area contributed by atoms with Crippen LogP contribution in [0.2, 0.25) is 10.0 Å². The summed E-state index contributed by atoms with van der Waals surface area (Å²) in [6.07, 6.45) is -6.43. The van der Waals surface area contributed by atoms with Crippen LogP contribution in [-0.2, 0) is 13.1 Å². The highest BCUT2D eigenvalue weighted by Crippen LogP contribution is 2.28. The van der Waals surface area contributed by atoms with Gasteiger partial charge in [-0.05, 0) is 65.7 Å². The van der Waals surface area contributed by atoms with E-state index in [0.717, 1.165) is 21.6 Å². The van der Waals surface area contributed by atoms with Gasteiger partial charge in [-0.25, -0.2) is 18.4 Å². The Morgan fingerprint density at radius 1 is 1.02 bits per heavy atom. The van der Waals surface area contributed by atoms with Gasteiger partial charge in [0.05, 0.1) is 22.0 Å². The lowest BCUT2D eigenvalue weighted by Gasteiger charge is -2.16. The molecule has 3 aromatic heterocycles. The summed E-state index contributed by atoms with van der Waals surface area (Å²) in [6.45, 7) is 1.15. The van der Waals surface area contributed by atoms with Crippen LogP contribution in [0.15, 0.2) is 60.8 Å². The van der Waals surface area contributed by atoms with Crippen LogP contribution in [0.5, 0.6) is 5.75 Å². The highest BCUT2D eigenvalue weighted by Gasteiger charge is 2.31. The van der Waals surface area contributed by atoms with Crippen molar-refractivity contribution in [3.8, 4) is 11.6 Å². The lowest BCUT2D eigenvalue weighted by molar-refractivity contribution is -0.274. The predicted octanol–water partition coefficient (Wildman–Crippen LogP) is 5.94. The molecular weight excluding hydrogens is 676 g/mol. The molecule has 2 N–H and O–H groups in total. The van der Waals surface area contributed by atoms with Crippen molar-refractivity contribution in [2.24, 2.45) is 0 Å². The van der Waals surface area contributed by atoms with Crippen LogP contribution in [0.3, 0.4) is 0 Å². The number of nitrogens with one attached hydrogen (secondary N) is 2. The summed E-state index contributed by atoms with van der Waals surface area (Å²) in [5, 5.41) is 20.4. The number of hydrogen-bond donors (Lipinski definition) is 2. The van der Waals surface area contributed by atoms with Gasteiger partial charge in [0.2, 0.25) is 5.82 Å². The average molecular weight is 696 g/mol. The van der Waals surface area contributed by atoms with Gasteiger partial charge in [-0.2, -0.15) is 9.90 Å². The Balaban J connectivity index is 1.42. The van der Waals surface area contributed by atoms with Crippen molar-refractivity contribution in [3.63, 3.8) is 0 Å². The molecule has 0 saturated carbocycles. The molecule has 2 amide bonds. The minimum atomic E-state index is -4.89. The van der Waals surface area contributed by atoms with E-state index in [1.54, 1.807) is 13.0 Å². The number of alkyl halides is 5. The zero-order valence-corrected chi connectivity index (χ0v) is 25.3. The quantitative estimate of drug-likeness (QED) is 0.171. The molecule has 2 aromatic carbocycles. The number of tetrazole rings is 1. The standard InChI is InChI=1S/C28H20Cl2F5N9O3/c1-14-8-16(29)10-19(26(45)37-12-15-4-2-5-18(9-15)47-28(33,34)35)22(14)38-27(46)21-11-17(13-43-41-24(23(31)32)39-42-43)40-44(21)25-20(30)6-3-7-36-25/h2-11,23H,12-13H2,1H3,(H,37,45)(H,38,46). The number of benzene rings is 2. The monoisotopic (exact) mass is 695 g/mol. The number of nitrogens with zero attached hydrogens (tertiary/aromatic N) is 7. The number of carbonyl (C=O) groups is 2. The van der Waals surface area contributed by atoms with Gasteiger partial charge >= 0.3 is 12.8 Å². The minimum Gasteiger partial charge on any atom is -0.406 e. The van der Waals surface area contributed by atoms with E-state index in [-0.39, 0.29) is 51.6 Å². The van der Waals surface area contributed by atoms with Gasteiger partial charge < -0.3 is 15.4 Å². The molecule has 0 aliphatic rings. The summed E-state index contributed by atoms with van der Waals surface area (Å²) in [5.41, 5.74) is 0.738. The van der Waals surface area contributed by atoms with Crippen LogP contribution in [0.1, 0.15) is 49.9 Å². The van der Waals surface area contributed by atoms with Crippen molar-refractivity contribution in [2.75, 3.05) is 5.32 Å². The first-order valence-electron chi connectivity index (χ1n) is 13.3. The molecule has 5 aromatic rings. The summed E-state index contributed by atoms with van der Waals surface area (Å²) >= 11 is 12.6. The Labute approximate surface area is 271 Å². The number of hydrogen-bond acceptors (Lipinski definition) is 8. The maximum atomic E-state index is 13.8. The fourth-order valence-electron chi connectivity index (χ4n) is 4.31. The van der Waals surface area contributed by atoms with E-state index in [1.165, 1.54) is 42.6 Å². The topological polar surface area (TPSA) is 142 Å². The van der Waals surface area contributed by atoms with Gasteiger partial charge in [0.25, 0.3) is 11.8 Å². The predicted molar refractivity (Wildman–Crippen MR) is 157 cm³/mol. The molecule has 5 rings (SSSR count). The van der Waals surface area contributed by atoms with Crippen LogP contribution >= 0.6 is 23.2 Å². The Bertz CT molecular complexity index is 1950. The number of anilines is 1. The van der Waals surface area contributed by atoms with Crippen molar-refractivity contribution in [3.05, 3.63) is 105 Å². The highest BCUT2D eigenvalue weighted by atomic mass is 35.5. The lowest BCUT2D eigenvalue weighted by Crippen LogP contribution is -2.26. The zero-order valence-electron chi connectivity index (χ0n) is 23.8. The van der Waals surface area contributed by atoms with Gasteiger partial charge in [-0.15, -0.1) is 23.4 Å². The van der Waals surface area contributed by atoms with E-state index in [4.69, 9.17) is 23.2 Å². The van der Waals surface area contributed by atoms with Crippen molar-refractivity contribution in [1.82, 2.24) is 40.3 Å². The molecule has 3 heterocycles. The summed E-state index contributed by atoms with van der Waals surface area (Å²) in [7, 11) is 0. The molecule has 0 saturated heterocycles. The molecule has 0 aliphatic carbocycles. The van der Waals surface area contributed by atoms with E-state index in [0.29, 0.717) is 11.1 Å². The van der Waals surface area contributed by atoms with Gasteiger partial charge in [0.15, 0.2) is 5.82 Å². The van der Waals surface area contributed by atoms with Gasteiger partial charge in [-0.1, -0.05) is 35.3 Å². The molecule has 0 fully saturated rings. The minimum absolute atomic E-state index is 0.0560. The second kappa shape index (κ2) is 13.7. The molecule has 47 heavy (non-hydrogen) atoms. The third-order valence-electron chi connectivity index (χ3n) is 6.27. The molecule has 0 aliphatic heterocycles. The molecule has 0 radical (unpaired) electrons. The number of aryl methyl sites for hydroxylation is 1. The first-order valence-corrected chi connectivity index (χ1v) is 14.0. The van der Waals surface area contributed by atoms with Crippen molar-refractivity contribution >= 4 is 40.7 Å². The van der Waals surface area contributed by atoms with Crippen molar-refractivity contribution in [2.45, 2.75) is 32.8 Å². The van der Waals surface area contributed by atoms with E-state index >= 15 is 0 Å². The van der Waals surface area contributed by atoms with Crippen LogP contribution in [-0.4, -0.2) is 53.1 Å². The summed E-state index contributed by atoms with van der Waals surface area (Å²) in [4.78, 5) is 32.1. The normalized spacial score (nSPS) is 11.5. The SMILES string of the molecule is Cc1cc(Cl)cc(C(=O)NCc2cccc(OC(F)(F)F)c2)c1NC(=O)c1cc(Cn2nnc(C(F)F)n2)nn1-c1ncccc1Cl. The van der Waals surface area contributed by atoms with Crippen LogP contribution in [0.4, 0.5) is 27.6 Å². The molecule has 0 atom stereocenters. The first kappa shape index (κ1) is 33.2. The largest absolute Gasteiger partial charge is 0.573 e. The summed E-state index contributed by atoms with van der Waals surface area (Å²) in [6, 6.07) is 12.3. The second-order valence-corrected chi connectivity index (χ2v) is 10.5. The Morgan fingerprint density at radius 2 is 1.81 bits per heavy atom. The Morgan fingerprint density at radius 3 is 2.51 bits per heavy atom. The fourth-order valence-corrected chi connectivity index (χ4v) is 4.79. The fraction of sp³-hybridized carbons (Fsp3) is 0.179. The summed E-state index contributed by atoms with van der Waals surface area (Å²) in [5.74, 6) is -2.67. The number of rotatable bonds is 10. The smallest absolute Gasteiger partial charge is 0.406 e. The zero-order chi connectivity index (χ0) is 33.9. The van der Waals surface area contributed by atoms with E-state index < -0.39 is 36.2 Å². The lowest BCUT2D eigenvalue weighted by atomic mass is 10.1. The Hall–Kier alpha value is -5.16. The molecule has 19 heteroatoms. The van der Waals surface area contributed by atoms with Crippen LogP contribution in [0.25, 0.3) is 5.82 Å². The molecular formula is C28H20Cl2F5N9O3. The van der Waals surface area contributed by atoms with Crippen LogP contribution < -0.4 is 15.4 Å². The van der Waals surface area contributed by atoms with Gasteiger partial charge in [-0.3, -0.25) is 9.59 Å². The van der Waals surface area contributed by atoms with Crippen molar-refractivity contribution < 1.29 is 36.3 Å². The molecule has 0 bridgehead atoms. The van der Waals surface area contributed by atoms with Gasteiger partial charge in [0.1, 0.15) is 18.0 Å². The molecule has 244 valence electrons. The Kier molecular flexibility index (Phi) is 9.67. The number of aromatic nitrogens is 7. The first-order chi connectivity index (χ1) is 22.3. The number of halogens is 7. The third-order valence-corrected chi connectivity index (χ3v) is 6.78. The number of ether oxygens (including phenoxy) is 1. The number of carbonyl (C=O) groups excluding carboxylic acids is 2. The third kappa shape index (κ3) is 8.17. The van der Waals surface area contributed by atoms with Crippen molar-refractivity contribution in [1.29, 1.82) is 0 Å². The maximum absolute atomic E-state index is 13.8. The summed E-state index contributed by atoms with van der Waals surface area (Å²) < 4.78 is 68.9.